The zero-order chi connectivity index (χ0) is 18.0. The maximum atomic E-state index is 12.9. The lowest BCUT2D eigenvalue weighted by molar-refractivity contribution is 0.259. The fourth-order valence-corrected chi connectivity index (χ4v) is 3.61. The number of anilines is 2. The summed E-state index contributed by atoms with van der Waals surface area (Å²) in [5.41, 5.74) is 1.23. The molecule has 0 saturated heterocycles. The number of thioether (sulfide) groups is 1. The zero-order valence-electron chi connectivity index (χ0n) is 13.2. The number of carbonyl (C=O) groups excluding carboxylic acids is 1. The summed E-state index contributed by atoms with van der Waals surface area (Å²) in [7, 11) is 0. The highest BCUT2D eigenvalue weighted by Crippen LogP contribution is 2.32. The van der Waals surface area contributed by atoms with E-state index in [-0.39, 0.29) is 6.03 Å². The van der Waals surface area contributed by atoms with Gasteiger partial charge >= 0.3 is 6.03 Å². The Kier molecular flexibility index (Phi) is 5.79. The summed E-state index contributed by atoms with van der Waals surface area (Å²) in [5, 5.41) is 5.19. The first-order valence-electron chi connectivity index (χ1n) is 7.47. The Balaban J connectivity index is 1.91. The smallest absolute Gasteiger partial charge is 0.307 e. The predicted molar refractivity (Wildman–Crippen MR) is 109 cm³/mol. The Labute approximate surface area is 165 Å². The number of rotatable bonds is 2. The van der Waals surface area contributed by atoms with Crippen molar-refractivity contribution in [2.24, 2.45) is 4.99 Å². The van der Waals surface area contributed by atoms with E-state index >= 15 is 0 Å². The van der Waals surface area contributed by atoms with Gasteiger partial charge in [0.25, 0.3) is 0 Å². The average molecular weight is 415 g/mol. The summed E-state index contributed by atoms with van der Waals surface area (Å²) in [4.78, 5) is 18.9. The minimum atomic E-state index is -0.332. The lowest BCUT2D eigenvalue weighted by Gasteiger charge is -2.23. The van der Waals surface area contributed by atoms with Crippen LogP contribution in [0.4, 0.5) is 16.2 Å². The van der Waals surface area contributed by atoms with E-state index in [0.717, 1.165) is 0 Å². The molecule has 2 aromatic rings. The zero-order valence-corrected chi connectivity index (χ0v) is 16.3. The molecule has 4 nitrogen and oxygen atoms in total. The molecule has 1 aliphatic heterocycles. The Hall–Kier alpha value is -1.40. The molecule has 2 aromatic carbocycles. The van der Waals surface area contributed by atoms with Crippen LogP contribution in [-0.2, 0) is 0 Å². The van der Waals surface area contributed by atoms with Gasteiger partial charge < -0.3 is 5.32 Å². The minimum absolute atomic E-state index is 0.309. The number of urea groups is 1. The highest BCUT2D eigenvalue weighted by atomic mass is 35.5. The van der Waals surface area contributed by atoms with Crippen LogP contribution >= 0.6 is 46.6 Å². The van der Waals surface area contributed by atoms with Crippen molar-refractivity contribution in [1.82, 2.24) is 0 Å². The number of hydrogen-bond donors (Lipinski definition) is 1. The van der Waals surface area contributed by atoms with Crippen LogP contribution in [0.5, 0.6) is 0 Å². The molecule has 25 heavy (non-hydrogen) atoms. The number of hydrogen-bond acceptors (Lipinski definition) is 3. The molecule has 8 heteroatoms. The molecule has 0 spiro atoms. The fraction of sp³-hybridized carbons (Fsp3) is 0.176. The van der Waals surface area contributed by atoms with E-state index in [0.29, 0.717) is 43.4 Å². The second-order valence-corrected chi connectivity index (χ2v) is 8.08. The lowest BCUT2D eigenvalue weighted by atomic mass is 10.3. The molecule has 0 radical (unpaired) electrons. The SMILES string of the molecule is CC1CN=C(N(C(=O)Nc2ccc(Cl)cc2)c2ccc(Cl)c(Cl)c2)S1. The third-order valence-corrected chi connectivity index (χ3v) is 5.51. The number of nitrogens with one attached hydrogen (secondary N) is 1. The van der Waals surface area contributed by atoms with Crippen LogP contribution in [-0.4, -0.2) is 23.0 Å². The molecule has 0 fully saturated rings. The molecule has 1 unspecified atom stereocenters. The molecule has 2 amide bonds. The van der Waals surface area contributed by atoms with Gasteiger partial charge in [0.15, 0.2) is 5.17 Å². The van der Waals surface area contributed by atoms with Crippen molar-refractivity contribution >= 4 is 69.1 Å². The van der Waals surface area contributed by atoms with Crippen LogP contribution in [0.15, 0.2) is 47.5 Å². The number of amides is 2. The molecule has 1 aliphatic rings. The Morgan fingerprint density at radius 3 is 2.48 bits per heavy atom. The quantitative estimate of drug-likeness (QED) is 0.638. The van der Waals surface area contributed by atoms with Crippen LogP contribution in [0.1, 0.15) is 6.92 Å². The van der Waals surface area contributed by atoms with Crippen molar-refractivity contribution in [1.29, 1.82) is 0 Å². The third-order valence-electron chi connectivity index (χ3n) is 3.44. The number of amidine groups is 1. The van der Waals surface area contributed by atoms with Crippen LogP contribution in [0.3, 0.4) is 0 Å². The van der Waals surface area contributed by atoms with E-state index in [9.17, 15) is 4.79 Å². The number of halogens is 3. The van der Waals surface area contributed by atoms with Gasteiger partial charge in [-0.25, -0.2) is 9.69 Å². The number of aliphatic imine (C=N–C) groups is 1. The standard InChI is InChI=1S/C17H14Cl3N3OS/c1-10-9-21-17(25-10)23(13-6-7-14(19)15(20)8-13)16(24)22-12-4-2-11(18)3-5-12/h2-8,10H,9H2,1H3,(H,22,24). The molecular formula is C17H14Cl3N3OS. The van der Waals surface area contributed by atoms with Gasteiger partial charge in [-0.2, -0.15) is 0 Å². The van der Waals surface area contributed by atoms with Crippen molar-refractivity contribution in [3.8, 4) is 0 Å². The summed E-state index contributed by atoms with van der Waals surface area (Å²) in [6, 6.07) is 11.6. The normalized spacial score (nSPS) is 16.5. The molecule has 0 saturated carbocycles. The summed E-state index contributed by atoms with van der Waals surface area (Å²) in [5.74, 6) is 0. The van der Waals surface area contributed by atoms with Crippen molar-refractivity contribution in [2.75, 3.05) is 16.8 Å². The van der Waals surface area contributed by atoms with E-state index in [1.807, 2.05) is 0 Å². The maximum absolute atomic E-state index is 12.9. The largest absolute Gasteiger partial charge is 0.332 e. The molecule has 0 aliphatic carbocycles. The fourth-order valence-electron chi connectivity index (χ4n) is 2.24. The number of benzene rings is 2. The topological polar surface area (TPSA) is 44.7 Å². The first-order chi connectivity index (χ1) is 11.9. The Bertz CT molecular complexity index is 826. The number of carbonyl (C=O) groups is 1. The summed E-state index contributed by atoms with van der Waals surface area (Å²) in [6.45, 7) is 2.72. The monoisotopic (exact) mass is 413 g/mol. The lowest BCUT2D eigenvalue weighted by Crippen LogP contribution is -2.38. The molecule has 1 atom stereocenters. The van der Waals surface area contributed by atoms with Gasteiger partial charge in [0, 0.05) is 16.0 Å². The molecule has 0 aromatic heterocycles. The van der Waals surface area contributed by atoms with E-state index in [1.165, 1.54) is 16.7 Å². The first kappa shape index (κ1) is 18.4. The second kappa shape index (κ2) is 7.87. The van der Waals surface area contributed by atoms with Crippen LogP contribution in [0.25, 0.3) is 0 Å². The highest BCUT2D eigenvalue weighted by molar-refractivity contribution is 8.15. The average Bonchev–Trinajstić information content (AvgIpc) is 2.99. The molecule has 130 valence electrons. The molecule has 1 heterocycles. The second-order valence-electron chi connectivity index (χ2n) is 5.42. The first-order valence-corrected chi connectivity index (χ1v) is 9.48. The summed E-state index contributed by atoms with van der Waals surface area (Å²) < 4.78 is 0. The third kappa shape index (κ3) is 4.42. The van der Waals surface area contributed by atoms with E-state index in [4.69, 9.17) is 34.8 Å². The Morgan fingerprint density at radius 1 is 1.16 bits per heavy atom. The van der Waals surface area contributed by atoms with E-state index in [2.05, 4.69) is 17.2 Å². The van der Waals surface area contributed by atoms with Crippen LogP contribution in [0, 0.1) is 0 Å². The summed E-state index contributed by atoms with van der Waals surface area (Å²) >= 11 is 19.5. The van der Waals surface area contributed by atoms with Gasteiger partial charge in [-0.3, -0.25) is 4.99 Å². The molecule has 1 N–H and O–H groups in total. The maximum Gasteiger partial charge on any atom is 0.332 e. The highest BCUT2D eigenvalue weighted by Gasteiger charge is 2.28. The summed E-state index contributed by atoms with van der Waals surface area (Å²) in [6.07, 6.45) is 0. The van der Waals surface area contributed by atoms with Crippen LogP contribution < -0.4 is 10.2 Å². The predicted octanol–water partition coefficient (Wildman–Crippen LogP) is 6.18. The van der Waals surface area contributed by atoms with Crippen molar-refractivity contribution in [3.05, 3.63) is 57.5 Å². The van der Waals surface area contributed by atoms with Crippen molar-refractivity contribution in [3.63, 3.8) is 0 Å². The van der Waals surface area contributed by atoms with E-state index in [1.54, 1.807) is 42.5 Å². The van der Waals surface area contributed by atoms with Gasteiger partial charge in [0.1, 0.15) is 0 Å². The van der Waals surface area contributed by atoms with Crippen LogP contribution in [0.2, 0.25) is 15.1 Å². The Morgan fingerprint density at radius 2 is 1.88 bits per heavy atom. The van der Waals surface area contributed by atoms with E-state index < -0.39 is 0 Å². The van der Waals surface area contributed by atoms with Gasteiger partial charge in [0.05, 0.1) is 22.3 Å². The van der Waals surface area contributed by atoms with Gasteiger partial charge in [-0.1, -0.05) is 53.5 Å². The van der Waals surface area contributed by atoms with Gasteiger partial charge in [-0.15, -0.1) is 0 Å². The van der Waals surface area contributed by atoms with Crippen molar-refractivity contribution < 1.29 is 4.79 Å². The number of nitrogens with zero attached hydrogens (tertiary/aromatic N) is 2. The molecule has 0 bridgehead atoms. The molecule has 3 rings (SSSR count). The molecular weight excluding hydrogens is 401 g/mol. The van der Waals surface area contributed by atoms with Gasteiger partial charge in [0.2, 0.25) is 0 Å². The van der Waals surface area contributed by atoms with Crippen molar-refractivity contribution in [2.45, 2.75) is 12.2 Å². The van der Waals surface area contributed by atoms with Gasteiger partial charge in [-0.05, 0) is 42.5 Å². The minimum Gasteiger partial charge on any atom is -0.307 e.